The second-order valence-corrected chi connectivity index (χ2v) is 3.69. The summed E-state index contributed by atoms with van der Waals surface area (Å²) in [5, 5.41) is 3.30. The van der Waals surface area contributed by atoms with E-state index in [4.69, 9.17) is 4.74 Å². The summed E-state index contributed by atoms with van der Waals surface area (Å²) in [4.78, 5) is 15.3. The molecular formula is C9H18ClN3O2. The Balaban J connectivity index is 0.00000112. The molecule has 0 radical (unpaired) electrons. The van der Waals surface area contributed by atoms with Crippen LogP contribution in [0.4, 0.5) is 4.79 Å². The Morgan fingerprint density at radius 1 is 1.20 bits per heavy atom. The van der Waals surface area contributed by atoms with Crippen LogP contribution in [0, 0.1) is 0 Å². The zero-order chi connectivity index (χ0) is 9.80. The standard InChI is InChI=1S/C9H17N3O2.ClH/c13-9-12(7-8-14-9)6-5-11-3-1-10-2-4-11;/h10H,1-8H2;1H. The van der Waals surface area contributed by atoms with E-state index >= 15 is 0 Å². The molecule has 15 heavy (non-hydrogen) atoms. The van der Waals surface area contributed by atoms with Gasteiger partial charge < -0.3 is 15.0 Å². The fourth-order valence-corrected chi connectivity index (χ4v) is 1.83. The van der Waals surface area contributed by atoms with E-state index in [0.717, 1.165) is 45.8 Å². The third kappa shape index (κ3) is 3.52. The van der Waals surface area contributed by atoms with Crippen LogP contribution >= 0.6 is 12.4 Å². The Hall–Kier alpha value is -0.520. The van der Waals surface area contributed by atoms with Gasteiger partial charge in [-0.05, 0) is 0 Å². The van der Waals surface area contributed by atoms with Crippen molar-refractivity contribution in [2.45, 2.75) is 0 Å². The number of halogens is 1. The lowest BCUT2D eigenvalue weighted by Crippen LogP contribution is -2.46. The Labute approximate surface area is 96.1 Å². The number of piperazine rings is 1. The number of nitrogens with zero attached hydrogens (tertiary/aromatic N) is 2. The Bertz CT molecular complexity index is 210. The first kappa shape index (κ1) is 12.5. The number of hydrogen-bond donors (Lipinski definition) is 1. The zero-order valence-electron chi connectivity index (χ0n) is 8.78. The van der Waals surface area contributed by atoms with Crippen molar-refractivity contribution in [1.29, 1.82) is 0 Å². The van der Waals surface area contributed by atoms with Gasteiger partial charge in [0.05, 0.1) is 6.54 Å². The van der Waals surface area contributed by atoms with Crippen LogP contribution in [0.5, 0.6) is 0 Å². The fourth-order valence-electron chi connectivity index (χ4n) is 1.83. The molecule has 2 rings (SSSR count). The maximum Gasteiger partial charge on any atom is 0.409 e. The van der Waals surface area contributed by atoms with Crippen LogP contribution < -0.4 is 5.32 Å². The van der Waals surface area contributed by atoms with Crippen molar-refractivity contribution in [3.63, 3.8) is 0 Å². The van der Waals surface area contributed by atoms with Crippen molar-refractivity contribution in [1.82, 2.24) is 15.1 Å². The van der Waals surface area contributed by atoms with Gasteiger partial charge in [-0.3, -0.25) is 4.90 Å². The molecule has 6 heteroatoms. The summed E-state index contributed by atoms with van der Waals surface area (Å²) in [6.07, 6.45) is -0.153. The van der Waals surface area contributed by atoms with E-state index < -0.39 is 0 Å². The number of amides is 1. The van der Waals surface area contributed by atoms with E-state index in [1.807, 2.05) is 0 Å². The van der Waals surface area contributed by atoms with Gasteiger partial charge in [-0.1, -0.05) is 0 Å². The summed E-state index contributed by atoms with van der Waals surface area (Å²) in [6.45, 7) is 7.38. The molecular weight excluding hydrogens is 218 g/mol. The van der Waals surface area contributed by atoms with Crippen LogP contribution in [0.2, 0.25) is 0 Å². The minimum atomic E-state index is -0.153. The highest BCUT2D eigenvalue weighted by molar-refractivity contribution is 5.85. The Kier molecular flexibility index (Phi) is 5.14. The van der Waals surface area contributed by atoms with Crippen molar-refractivity contribution < 1.29 is 9.53 Å². The highest BCUT2D eigenvalue weighted by Gasteiger charge is 2.22. The molecule has 2 heterocycles. The molecule has 1 amide bonds. The smallest absolute Gasteiger partial charge is 0.409 e. The molecule has 0 bridgehead atoms. The van der Waals surface area contributed by atoms with E-state index in [-0.39, 0.29) is 18.5 Å². The molecule has 2 saturated heterocycles. The fraction of sp³-hybridized carbons (Fsp3) is 0.889. The first-order valence-corrected chi connectivity index (χ1v) is 5.21. The van der Waals surface area contributed by atoms with Crippen LogP contribution in [-0.4, -0.2) is 68.3 Å². The summed E-state index contributed by atoms with van der Waals surface area (Å²) in [6, 6.07) is 0. The molecule has 0 saturated carbocycles. The summed E-state index contributed by atoms with van der Waals surface area (Å²) < 4.78 is 4.86. The minimum Gasteiger partial charge on any atom is -0.448 e. The highest BCUT2D eigenvalue weighted by Crippen LogP contribution is 2.03. The van der Waals surface area contributed by atoms with Crippen molar-refractivity contribution in [2.75, 3.05) is 52.4 Å². The average Bonchev–Trinajstić information content (AvgIpc) is 2.63. The first-order valence-electron chi connectivity index (χ1n) is 5.21. The summed E-state index contributed by atoms with van der Waals surface area (Å²) in [5.74, 6) is 0. The van der Waals surface area contributed by atoms with Crippen LogP contribution in [-0.2, 0) is 4.74 Å². The van der Waals surface area contributed by atoms with E-state index in [9.17, 15) is 4.79 Å². The van der Waals surface area contributed by atoms with Crippen molar-refractivity contribution in [3.8, 4) is 0 Å². The van der Waals surface area contributed by atoms with E-state index in [0.29, 0.717) is 6.61 Å². The molecule has 2 aliphatic heterocycles. The van der Waals surface area contributed by atoms with E-state index in [1.54, 1.807) is 4.90 Å². The monoisotopic (exact) mass is 235 g/mol. The first-order chi connectivity index (χ1) is 6.86. The van der Waals surface area contributed by atoms with E-state index in [2.05, 4.69) is 10.2 Å². The quantitative estimate of drug-likeness (QED) is 0.734. The van der Waals surface area contributed by atoms with Gasteiger partial charge in [0.2, 0.25) is 0 Å². The summed E-state index contributed by atoms with van der Waals surface area (Å²) >= 11 is 0. The molecule has 88 valence electrons. The number of ether oxygens (including phenoxy) is 1. The number of nitrogens with one attached hydrogen (secondary N) is 1. The molecule has 1 N–H and O–H groups in total. The van der Waals surface area contributed by atoms with Gasteiger partial charge in [-0.15, -0.1) is 12.4 Å². The maximum absolute atomic E-state index is 11.1. The third-order valence-electron chi connectivity index (χ3n) is 2.74. The van der Waals surface area contributed by atoms with Crippen LogP contribution in [0.3, 0.4) is 0 Å². The average molecular weight is 236 g/mol. The Morgan fingerprint density at radius 2 is 1.93 bits per heavy atom. The molecule has 5 nitrogen and oxygen atoms in total. The molecule has 2 fully saturated rings. The number of carbonyl (C=O) groups is 1. The van der Waals surface area contributed by atoms with Crippen molar-refractivity contribution in [3.05, 3.63) is 0 Å². The van der Waals surface area contributed by atoms with Crippen molar-refractivity contribution in [2.24, 2.45) is 0 Å². The van der Waals surface area contributed by atoms with Crippen LogP contribution in [0.25, 0.3) is 0 Å². The molecule has 0 unspecified atom stereocenters. The van der Waals surface area contributed by atoms with Crippen molar-refractivity contribution >= 4 is 18.5 Å². The topological polar surface area (TPSA) is 44.8 Å². The van der Waals surface area contributed by atoms with Gasteiger partial charge >= 0.3 is 6.09 Å². The van der Waals surface area contributed by atoms with Gasteiger partial charge in [0.1, 0.15) is 6.61 Å². The predicted octanol–water partition coefficient (Wildman–Crippen LogP) is -0.234. The largest absolute Gasteiger partial charge is 0.448 e. The van der Waals surface area contributed by atoms with Crippen LogP contribution in [0.15, 0.2) is 0 Å². The summed E-state index contributed by atoms with van der Waals surface area (Å²) in [5.41, 5.74) is 0. The number of rotatable bonds is 3. The Morgan fingerprint density at radius 3 is 2.53 bits per heavy atom. The summed E-state index contributed by atoms with van der Waals surface area (Å²) in [7, 11) is 0. The zero-order valence-corrected chi connectivity index (χ0v) is 9.59. The number of hydrogen-bond acceptors (Lipinski definition) is 4. The SMILES string of the molecule is Cl.O=C1OCCN1CCN1CCNCC1. The molecule has 0 spiro atoms. The van der Waals surface area contributed by atoms with Gasteiger partial charge in [0.15, 0.2) is 0 Å². The predicted molar refractivity (Wildman–Crippen MR) is 59.5 cm³/mol. The molecule has 0 atom stereocenters. The van der Waals surface area contributed by atoms with Gasteiger partial charge in [-0.2, -0.15) is 0 Å². The van der Waals surface area contributed by atoms with E-state index in [1.165, 1.54) is 0 Å². The molecule has 0 aromatic rings. The van der Waals surface area contributed by atoms with Crippen LogP contribution in [0.1, 0.15) is 0 Å². The second-order valence-electron chi connectivity index (χ2n) is 3.69. The lowest BCUT2D eigenvalue weighted by atomic mass is 10.3. The highest BCUT2D eigenvalue weighted by atomic mass is 35.5. The molecule has 0 aliphatic carbocycles. The lowest BCUT2D eigenvalue weighted by Gasteiger charge is -2.28. The van der Waals surface area contributed by atoms with Gasteiger partial charge in [-0.25, -0.2) is 4.79 Å². The minimum absolute atomic E-state index is 0. The maximum atomic E-state index is 11.1. The number of cyclic esters (lactones) is 1. The third-order valence-corrected chi connectivity index (χ3v) is 2.74. The normalized spacial score (nSPS) is 22.4. The van der Waals surface area contributed by atoms with Gasteiger partial charge in [0, 0.05) is 39.3 Å². The second kappa shape index (κ2) is 6.15. The number of carbonyl (C=O) groups excluding carboxylic acids is 1. The molecule has 2 aliphatic rings. The molecule has 0 aromatic carbocycles. The molecule has 0 aromatic heterocycles. The van der Waals surface area contributed by atoms with Gasteiger partial charge in [0.25, 0.3) is 0 Å². The lowest BCUT2D eigenvalue weighted by molar-refractivity contribution is 0.151.